The second-order valence-electron chi connectivity index (χ2n) is 12.9. The summed E-state index contributed by atoms with van der Waals surface area (Å²) in [6.45, 7) is 5.57. The molecular formula is C39H43FN3NaO6. The van der Waals surface area contributed by atoms with Crippen LogP contribution in [0.15, 0.2) is 78.9 Å². The van der Waals surface area contributed by atoms with Crippen LogP contribution in [0.25, 0.3) is 22.3 Å². The van der Waals surface area contributed by atoms with Crippen molar-refractivity contribution in [3.8, 4) is 22.3 Å². The zero-order chi connectivity index (χ0) is 35.1. The van der Waals surface area contributed by atoms with Crippen molar-refractivity contribution in [2.45, 2.75) is 77.2 Å². The molecule has 0 unspecified atom stereocenters. The molecule has 50 heavy (non-hydrogen) atoms. The molecule has 1 aliphatic rings. The van der Waals surface area contributed by atoms with E-state index in [9.17, 15) is 34.1 Å². The molecule has 9 nitrogen and oxygen atoms in total. The maximum absolute atomic E-state index is 14.4. The van der Waals surface area contributed by atoms with Crippen molar-refractivity contribution in [3.63, 3.8) is 0 Å². The van der Waals surface area contributed by atoms with Crippen molar-refractivity contribution in [2.75, 3.05) is 13.1 Å². The standard InChI is InChI=1S/C39H44FN3O6.Na/c1-25(2)43-33(18-17-31(44)22-32(45)23-34(46)47)35(28-13-15-30(40)16-14-28)36(27-10-4-3-5-11-27)37(43)38(48)41-24-26-9-8-12-29(21-26)39(49)42-19-6-7-20-42;/h3-5,8-16,21,25,31-32,44-45H,6-7,17-20,22-24H2,1-2H3,(H,41,48)(H,46,47);/q;+1/p-1/t31-,32-;/m1./s1. The van der Waals surface area contributed by atoms with E-state index in [-0.39, 0.29) is 73.2 Å². The molecule has 0 spiro atoms. The van der Waals surface area contributed by atoms with E-state index in [0.717, 1.165) is 42.8 Å². The first kappa shape index (κ1) is 39.0. The Kier molecular flexibility index (Phi) is 14.0. The number of rotatable bonds is 14. The van der Waals surface area contributed by atoms with Gasteiger partial charge in [-0.1, -0.05) is 54.6 Å². The number of aromatic nitrogens is 1. The Balaban J connectivity index is 0.00000562. The van der Waals surface area contributed by atoms with Gasteiger partial charge in [-0.3, -0.25) is 9.59 Å². The first-order chi connectivity index (χ1) is 23.5. The number of hydrogen-bond donors (Lipinski definition) is 3. The van der Waals surface area contributed by atoms with Gasteiger partial charge in [0.05, 0.1) is 12.2 Å². The van der Waals surface area contributed by atoms with Crippen LogP contribution in [0.2, 0.25) is 0 Å². The van der Waals surface area contributed by atoms with Gasteiger partial charge >= 0.3 is 29.6 Å². The predicted octanol–water partition coefficient (Wildman–Crippen LogP) is 1.90. The largest absolute Gasteiger partial charge is 1.00 e. The summed E-state index contributed by atoms with van der Waals surface area (Å²) in [4.78, 5) is 40.2. The number of aliphatic hydroxyl groups is 2. The van der Waals surface area contributed by atoms with Crippen molar-refractivity contribution >= 4 is 17.8 Å². The van der Waals surface area contributed by atoms with Gasteiger partial charge in [0.25, 0.3) is 11.8 Å². The van der Waals surface area contributed by atoms with E-state index >= 15 is 0 Å². The Morgan fingerprint density at radius 1 is 0.880 bits per heavy atom. The molecule has 258 valence electrons. The number of benzene rings is 3. The van der Waals surface area contributed by atoms with E-state index in [2.05, 4.69) is 5.32 Å². The Bertz CT molecular complexity index is 1770. The molecule has 1 aromatic heterocycles. The van der Waals surface area contributed by atoms with Crippen molar-refractivity contribution in [1.29, 1.82) is 0 Å². The second kappa shape index (κ2) is 17.9. The molecule has 3 aromatic carbocycles. The summed E-state index contributed by atoms with van der Waals surface area (Å²) in [5.41, 5.74) is 5.30. The Hall–Kier alpha value is -3.80. The van der Waals surface area contributed by atoms with Crippen molar-refractivity contribution in [2.24, 2.45) is 0 Å². The number of carbonyl (C=O) groups excluding carboxylic acids is 3. The molecule has 4 aromatic rings. The first-order valence-corrected chi connectivity index (χ1v) is 16.8. The quantitative estimate of drug-likeness (QED) is 0.173. The van der Waals surface area contributed by atoms with Crippen LogP contribution < -0.4 is 40.0 Å². The van der Waals surface area contributed by atoms with Gasteiger partial charge in [-0.05, 0) is 86.9 Å². The fourth-order valence-electron chi connectivity index (χ4n) is 6.68. The van der Waals surface area contributed by atoms with Crippen molar-refractivity contribution in [3.05, 3.63) is 107 Å². The number of halogens is 1. The van der Waals surface area contributed by atoms with E-state index in [1.165, 1.54) is 12.1 Å². The van der Waals surface area contributed by atoms with E-state index in [1.54, 1.807) is 18.2 Å². The molecular weight excluding hydrogens is 648 g/mol. The summed E-state index contributed by atoms with van der Waals surface area (Å²) < 4.78 is 16.1. The third kappa shape index (κ3) is 9.50. The molecule has 3 N–H and O–H groups in total. The van der Waals surface area contributed by atoms with E-state index < -0.39 is 30.4 Å². The van der Waals surface area contributed by atoms with Gasteiger partial charge in [-0.25, -0.2) is 4.39 Å². The Morgan fingerprint density at radius 2 is 1.54 bits per heavy atom. The Labute approximate surface area is 314 Å². The van der Waals surface area contributed by atoms with Gasteiger partial charge < -0.3 is 34.9 Å². The van der Waals surface area contributed by atoms with E-state index in [4.69, 9.17) is 0 Å². The average molecular weight is 692 g/mol. The third-order valence-corrected chi connectivity index (χ3v) is 8.92. The number of hydrogen-bond acceptors (Lipinski definition) is 6. The van der Waals surface area contributed by atoms with Gasteiger partial charge in [0.15, 0.2) is 0 Å². The van der Waals surface area contributed by atoms with Gasteiger partial charge in [0.1, 0.15) is 11.5 Å². The summed E-state index contributed by atoms with van der Waals surface area (Å²) in [5, 5.41) is 35.0. The van der Waals surface area contributed by atoms with Gasteiger partial charge in [0, 0.05) is 60.5 Å². The van der Waals surface area contributed by atoms with Crippen LogP contribution in [0.3, 0.4) is 0 Å². The SMILES string of the molecule is CC(C)n1c(CC[C@@H](O)C[C@@H](O)CC(=O)[O-])c(-c2ccc(F)cc2)c(-c2ccccc2)c1C(=O)NCc1cccc(C(=O)N2CCCC2)c1.[Na+]. The number of carboxylic acid groups (broad SMARTS) is 1. The van der Waals surface area contributed by atoms with E-state index in [0.29, 0.717) is 27.9 Å². The maximum Gasteiger partial charge on any atom is 1.00 e. The molecule has 0 radical (unpaired) electrons. The summed E-state index contributed by atoms with van der Waals surface area (Å²) in [6, 6.07) is 22.6. The summed E-state index contributed by atoms with van der Waals surface area (Å²) in [5.74, 6) is -2.17. The van der Waals surface area contributed by atoms with Gasteiger partial charge in [-0.2, -0.15) is 0 Å². The number of amides is 2. The molecule has 2 amide bonds. The van der Waals surface area contributed by atoms with Gasteiger partial charge in [0.2, 0.25) is 0 Å². The molecule has 5 rings (SSSR count). The number of likely N-dealkylation sites (tertiary alicyclic amines) is 1. The van der Waals surface area contributed by atoms with Crippen molar-refractivity contribution < 1.29 is 63.7 Å². The topological polar surface area (TPSA) is 135 Å². The first-order valence-electron chi connectivity index (χ1n) is 16.8. The number of carbonyl (C=O) groups is 3. The zero-order valence-electron chi connectivity index (χ0n) is 28.9. The number of nitrogens with one attached hydrogen (secondary N) is 1. The molecule has 1 fully saturated rings. The summed E-state index contributed by atoms with van der Waals surface area (Å²) in [7, 11) is 0. The van der Waals surface area contributed by atoms with Crippen LogP contribution in [0.4, 0.5) is 4.39 Å². The third-order valence-electron chi connectivity index (χ3n) is 8.92. The van der Waals surface area contributed by atoms with Crippen LogP contribution in [0.5, 0.6) is 0 Å². The monoisotopic (exact) mass is 691 g/mol. The van der Waals surface area contributed by atoms with E-state index in [1.807, 2.05) is 71.8 Å². The van der Waals surface area contributed by atoms with Crippen LogP contribution in [-0.2, 0) is 17.8 Å². The number of aliphatic carboxylic acids is 1. The smallest absolute Gasteiger partial charge is 0.550 e. The zero-order valence-corrected chi connectivity index (χ0v) is 30.9. The fraction of sp³-hybridized carbons (Fsp3) is 0.359. The average Bonchev–Trinajstić information content (AvgIpc) is 3.74. The molecule has 1 saturated heterocycles. The molecule has 1 aliphatic heterocycles. The number of carboxylic acids is 1. The molecule has 11 heteroatoms. The predicted molar refractivity (Wildman–Crippen MR) is 183 cm³/mol. The van der Waals surface area contributed by atoms with Crippen LogP contribution >= 0.6 is 0 Å². The summed E-state index contributed by atoms with van der Waals surface area (Å²) in [6.07, 6.45) is -0.603. The van der Waals surface area contributed by atoms with Crippen LogP contribution in [-0.4, -0.2) is 62.8 Å². The maximum atomic E-state index is 14.4. The van der Waals surface area contributed by atoms with Crippen LogP contribution in [0.1, 0.15) is 84.1 Å². The van der Waals surface area contributed by atoms with Crippen LogP contribution in [0, 0.1) is 5.82 Å². The molecule has 0 aliphatic carbocycles. The molecule has 0 bridgehead atoms. The molecule has 0 saturated carbocycles. The minimum atomic E-state index is -1.40. The summed E-state index contributed by atoms with van der Waals surface area (Å²) >= 11 is 0. The van der Waals surface area contributed by atoms with Gasteiger partial charge in [-0.15, -0.1) is 0 Å². The molecule has 2 heterocycles. The normalized spacial score (nSPS) is 13.9. The molecule has 2 atom stereocenters. The van der Waals surface area contributed by atoms with Crippen molar-refractivity contribution in [1.82, 2.24) is 14.8 Å². The number of nitrogens with zero attached hydrogens (tertiary/aromatic N) is 2. The number of aliphatic hydroxyl groups excluding tert-OH is 2. The Morgan fingerprint density at radius 3 is 2.18 bits per heavy atom. The minimum Gasteiger partial charge on any atom is -0.550 e. The fourth-order valence-corrected chi connectivity index (χ4v) is 6.68. The second-order valence-corrected chi connectivity index (χ2v) is 12.9. The minimum absolute atomic E-state index is 0.